The number of hydrogen-bond acceptors (Lipinski definition) is 4. The number of hydrogen-bond donors (Lipinski definition) is 3. The van der Waals surface area contributed by atoms with E-state index in [0.717, 1.165) is 12.1 Å². The molecule has 1 amide bonds. The van der Waals surface area contributed by atoms with Crippen LogP contribution < -0.4 is 15.8 Å². The molecule has 1 atom stereocenters. The third-order valence-corrected chi connectivity index (χ3v) is 4.68. The van der Waals surface area contributed by atoms with Crippen molar-refractivity contribution in [2.45, 2.75) is 30.7 Å². The third-order valence-electron chi connectivity index (χ3n) is 3.19. The van der Waals surface area contributed by atoms with Crippen LogP contribution in [0.25, 0.3) is 0 Å². The molecule has 0 saturated carbocycles. The van der Waals surface area contributed by atoms with Crippen molar-refractivity contribution in [1.29, 1.82) is 0 Å². The topological polar surface area (TPSA) is 101 Å². The summed E-state index contributed by atoms with van der Waals surface area (Å²) in [7, 11) is -4.13. The van der Waals surface area contributed by atoms with Crippen molar-refractivity contribution < 1.29 is 17.6 Å². The van der Waals surface area contributed by atoms with Crippen LogP contribution >= 0.6 is 0 Å². The van der Waals surface area contributed by atoms with E-state index in [1.165, 1.54) is 0 Å². The molecular weight excluding hydrogens is 285 g/mol. The molecule has 1 aromatic carbocycles. The van der Waals surface area contributed by atoms with Gasteiger partial charge in [-0.3, -0.25) is 4.79 Å². The molecule has 1 unspecified atom stereocenters. The van der Waals surface area contributed by atoms with Crippen LogP contribution in [-0.4, -0.2) is 26.9 Å². The Morgan fingerprint density at radius 3 is 2.80 bits per heavy atom. The fourth-order valence-electron chi connectivity index (χ4n) is 2.01. The lowest BCUT2D eigenvalue weighted by atomic mass is 10.1. The number of halogens is 1. The second-order valence-electron chi connectivity index (χ2n) is 4.75. The van der Waals surface area contributed by atoms with Gasteiger partial charge in [0.15, 0.2) is 0 Å². The number of carbonyl (C=O) groups excluding carboxylic acids is 1. The molecule has 0 spiro atoms. The highest BCUT2D eigenvalue weighted by Gasteiger charge is 2.29. The van der Waals surface area contributed by atoms with E-state index < -0.39 is 32.7 Å². The van der Waals surface area contributed by atoms with Crippen molar-refractivity contribution >= 4 is 21.6 Å². The first-order chi connectivity index (χ1) is 9.31. The molecule has 0 bridgehead atoms. The predicted octanol–water partition coefficient (Wildman–Crippen LogP) is 0.273. The Kier molecular flexibility index (Phi) is 3.96. The van der Waals surface area contributed by atoms with Crippen LogP contribution in [0, 0.1) is 12.7 Å². The molecule has 1 aromatic rings. The monoisotopic (exact) mass is 301 g/mol. The fraction of sp³-hybridized carbons (Fsp3) is 0.417. The van der Waals surface area contributed by atoms with Crippen molar-refractivity contribution in [3.05, 3.63) is 23.5 Å². The summed E-state index contributed by atoms with van der Waals surface area (Å²) in [6.07, 6.45) is 1.05. The van der Waals surface area contributed by atoms with E-state index in [2.05, 4.69) is 10.0 Å². The summed E-state index contributed by atoms with van der Waals surface area (Å²) in [6.45, 7) is 2.10. The van der Waals surface area contributed by atoms with E-state index in [4.69, 9.17) is 5.73 Å². The summed E-state index contributed by atoms with van der Waals surface area (Å²) in [6, 6.07) is 1.24. The molecule has 0 aliphatic carbocycles. The Balaban J connectivity index is 2.31. The molecule has 20 heavy (non-hydrogen) atoms. The molecule has 110 valence electrons. The molecule has 1 aliphatic heterocycles. The average molecular weight is 301 g/mol. The molecule has 1 saturated heterocycles. The number of anilines is 1. The van der Waals surface area contributed by atoms with Crippen LogP contribution in [0.1, 0.15) is 18.4 Å². The highest BCUT2D eigenvalue weighted by atomic mass is 32.2. The standard InChI is InChI=1S/C12H16FN3O3S/c1-7-5-8(13)11(6-9(7)14)20(18,19)16-10-3-2-4-15-12(10)17/h5-6,10,16H,2-4,14H2,1H3,(H,15,17). The number of sulfonamides is 1. The van der Waals surface area contributed by atoms with E-state index in [-0.39, 0.29) is 5.69 Å². The minimum Gasteiger partial charge on any atom is -0.398 e. The number of amides is 1. The quantitative estimate of drug-likeness (QED) is 0.698. The van der Waals surface area contributed by atoms with Gasteiger partial charge in [-0.2, -0.15) is 4.72 Å². The number of carbonyl (C=O) groups is 1. The van der Waals surface area contributed by atoms with Crippen molar-refractivity contribution in [2.24, 2.45) is 0 Å². The summed E-state index contributed by atoms with van der Waals surface area (Å²) in [4.78, 5) is 11.0. The van der Waals surface area contributed by atoms with E-state index in [1.807, 2.05) is 0 Å². The lowest BCUT2D eigenvalue weighted by Crippen LogP contribution is -2.50. The number of nitrogens with one attached hydrogen (secondary N) is 2. The van der Waals surface area contributed by atoms with E-state index >= 15 is 0 Å². The number of aryl methyl sites for hydroxylation is 1. The zero-order chi connectivity index (χ0) is 14.9. The molecule has 8 heteroatoms. The van der Waals surface area contributed by atoms with E-state index in [0.29, 0.717) is 24.9 Å². The molecule has 1 heterocycles. The first-order valence-corrected chi connectivity index (χ1v) is 7.65. The second-order valence-corrected chi connectivity index (χ2v) is 6.43. The Morgan fingerprint density at radius 2 is 2.15 bits per heavy atom. The molecule has 1 fully saturated rings. The molecule has 1 aliphatic rings. The molecule has 0 aromatic heterocycles. The molecule has 6 nitrogen and oxygen atoms in total. The first-order valence-electron chi connectivity index (χ1n) is 6.17. The van der Waals surface area contributed by atoms with Gasteiger partial charge in [0.25, 0.3) is 0 Å². The van der Waals surface area contributed by atoms with Crippen molar-refractivity contribution in [3.8, 4) is 0 Å². The van der Waals surface area contributed by atoms with Gasteiger partial charge in [0.05, 0.1) is 0 Å². The highest BCUT2D eigenvalue weighted by molar-refractivity contribution is 7.89. The van der Waals surface area contributed by atoms with Crippen LogP contribution in [0.5, 0.6) is 0 Å². The number of piperidine rings is 1. The van der Waals surface area contributed by atoms with Crippen LogP contribution in [0.15, 0.2) is 17.0 Å². The van der Waals surface area contributed by atoms with Gasteiger partial charge in [-0.15, -0.1) is 0 Å². The van der Waals surface area contributed by atoms with Crippen LogP contribution in [0.4, 0.5) is 10.1 Å². The van der Waals surface area contributed by atoms with E-state index in [1.54, 1.807) is 6.92 Å². The average Bonchev–Trinajstić information content (AvgIpc) is 2.36. The summed E-state index contributed by atoms with van der Waals surface area (Å²) < 4.78 is 40.3. The van der Waals surface area contributed by atoms with Gasteiger partial charge < -0.3 is 11.1 Å². The SMILES string of the molecule is Cc1cc(F)c(S(=O)(=O)NC2CCCNC2=O)cc1N. The zero-order valence-electron chi connectivity index (χ0n) is 10.9. The molecular formula is C12H16FN3O3S. The largest absolute Gasteiger partial charge is 0.398 e. The zero-order valence-corrected chi connectivity index (χ0v) is 11.8. The van der Waals surface area contributed by atoms with Crippen LogP contribution in [-0.2, 0) is 14.8 Å². The Labute approximate surface area is 116 Å². The summed E-state index contributed by atoms with van der Waals surface area (Å²) in [5.41, 5.74) is 6.24. The smallest absolute Gasteiger partial charge is 0.244 e. The normalized spacial score (nSPS) is 19.7. The summed E-state index contributed by atoms with van der Waals surface area (Å²) in [5, 5.41) is 2.56. The first kappa shape index (κ1) is 14.7. The number of nitrogens with two attached hydrogens (primary N) is 1. The maximum Gasteiger partial charge on any atom is 0.244 e. The van der Waals surface area contributed by atoms with Crippen LogP contribution in [0.2, 0.25) is 0 Å². The van der Waals surface area contributed by atoms with Crippen molar-refractivity contribution in [1.82, 2.24) is 10.0 Å². The summed E-state index contributed by atoms with van der Waals surface area (Å²) in [5.74, 6) is -1.29. The Hall–Kier alpha value is -1.67. The van der Waals surface area contributed by atoms with Gasteiger partial charge in [-0.05, 0) is 37.5 Å². The number of rotatable bonds is 3. The highest BCUT2D eigenvalue weighted by Crippen LogP contribution is 2.22. The maximum atomic E-state index is 13.8. The Bertz CT molecular complexity index is 646. The fourth-order valence-corrected chi connectivity index (χ4v) is 3.33. The van der Waals surface area contributed by atoms with Gasteiger partial charge in [-0.1, -0.05) is 0 Å². The summed E-state index contributed by atoms with van der Waals surface area (Å²) >= 11 is 0. The maximum absolute atomic E-state index is 13.8. The molecule has 0 radical (unpaired) electrons. The minimum atomic E-state index is -4.13. The minimum absolute atomic E-state index is 0.180. The predicted molar refractivity (Wildman–Crippen MR) is 71.9 cm³/mol. The number of benzene rings is 1. The Morgan fingerprint density at radius 1 is 1.45 bits per heavy atom. The lowest BCUT2D eigenvalue weighted by Gasteiger charge is -2.22. The second kappa shape index (κ2) is 5.37. The third kappa shape index (κ3) is 2.91. The van der Waals surface area contributed by atoms with Gasteiger partial charge >= 0.3 is 0 Å². The van der Waals surface area contributed by atoms with Crippen molar-refractivity contribution in [2.75, 3.05) is 12.3 Å². The molecule has 4 N–H and O–H groups in total. The molecule has 2 rings (SSSR count). The van der Waals surface area contributed by atoms with Crippen LogP contribution in [0.3, 0.4) is 0 Å². The van der Waals surface area contributed by atoms with Gasteiger partial charge in [0, 0.05) is 12.2 Å². The van der Waals surface area contributed by atoms with Crippen molar-refractivity contribution in [3.63, 3.8) is 0 Å². The van der Waals surface area contributed by atoms with Gasteiger partial charge in [0.1, 0.15) is 16.8 Å². The number of nitrogen functional groups attached to an aromatic ring is 1. The van der Waals surface area contributed by atoms with Gasteiger partial charge in [-0.25, -0.2) is 12.8 Å². The van der Waals surface area contributed by atoms with E-state index in [9.17, 15) is 17.6 Å². The van der Waals surface area contributed by atoms with Gasteiger partial charge in [0.2, 0.25) is 15.9 Å². The lowest BCUT2D eigenvalue weighted by molar-refractivity contribution is -0.124.